The molecule has 2 aromatic rings. The maximum absolute atomic E-state index is 10.9. The number of carbonyl (C=O) groups is 1. The Hall–Kier alpha value is -1.46. The second kappa shape index (κ2) is 5.50. The molecule has 0 saturated carbocycles. The second-order valence-electron chi connectivity index (χ2n) is 5.00. The second-order valence-corrected chi connectivity index (χ2v) is 6.23. The van der Waals surface area contributed by atoms with Gasteiger partial charge in [-0.25, -0.2) is 4.79 Å². The minimum atomic E-state index is -1.03. The van der Waals surface area contributed by atoms with Gasteiger partial charge in [-0.2, -0.15) is 11.8 Å². The van der Waals surface area contributed by atoms with Crippen LogP contribution in [0.4, 0.5) is 0 Å². The third kappa shape index (κ3) is 2.69. The summed E-state index contributed by atoms with van der Waals surface area (Å²) in [4.78, 5) is 10.9. The van der Waals surface area contributed by atoms with E-state index in [2.05, 4.69) is 6.92 Å². The molecule has 1 N–H and O–H groups in total. The molecule has 4 nitrogen and oxygen atoms in total. The number of hydrogen-bond donors (Lipinski definition) is 1. The molecule has 0 bridgehead atoms. The molecule has 1 aliphatic rings. The van der Waals surface area contributed by atoms with Crippen LogP contribution in [0.25, 0.3) is 11.0 Å². The lowest BCUT2D eigenvalue weighted by atomic mass is 10.2. The highest BCUT2D eigenvalue weighted by Gasteiger charge is 2.24. The number of ether oxygens (including phenoxy) is 1. The van der Waals surface area contributed by atoms with Crippen molar-refractivity contribution in [3.63, 3.8) is 0 Å². The Morgan fingerprint density at radius 2 is 2.30 bits per heavy atom. The van der Waals surface area contributed by atoms with E-state index < -0.39 is 5.97 Å². The Labute approximate surface area is 121 Å². The number of carboxylic acids is 1. The molecule has 2 unspecified atom stereocenters. The SMILES string of the molecule is CC1OCCC1SCc1ccc2oc(C(=O)O)cc2c1. The van der Waals surface area contributed by atoms with Crippen LogP contribution in [0.2, 0.25) is 0 Å². The number of carboxylic acid groups (broad SMARTS) is 1. The number of rotatable bonds is 4. The summed E-state index contributed by atoms with van der Waals surface area (Å²) in [6, 6.07) is 7.41. The summed E-state index contributed by atoms with van der Waals surface area (Å²) in [5.41, 5.74) is 1.80. The first-order valence-corrected chi connectivity index (χ1v) is 7.67. The van der Waals surface area contributed by atoms with Gasteiger partial charge in [0.15, 0.2) is 0 Å². The van der Waals surface area contributed by atoms with Crippen LogP contribution in [-0.2, 0) is 10.5 Å². The summed E-state index contributed by atoms with van der Waals surface area (Å²) in [7, 11) is 0. The van der Waals surface area contributed by atoms with E-state index in [1.165, 1.54) is 5.56 Å². The van der Waals surface area contributed by atoms with Crippen LogP contribution < -0.4 is 0 Å². The number of fused-ring (bicyclic) bond motifs is 1. The minimum absolute atomic E-state index is 0.0115. The average molecular weight is 292 g/mol. The van der Waals surface area contributed by atoms with Gasteiger partial charge in [0.2, 0.25) is 5.76 Å². The van der Waals surface area contributed by atoms with Crippen molar-refractivity contribution < 1.29 is 19.1 Å². The number of furan rings is 1. The molecule has 1 aromatic heterocycles. The topological polar surface area (TPSA) is 59.7 Å². The molecule has 20 heavy (non-hydrogen) atoms. The van der Waals surface area contributed by atoms with E-state index in [9.17, 15) is 4.79 Å². The van der Waals surface area contributed by atoms with Crippen LogP contribution in [0.3, 0.4) is 0 Å². The molecular formula is C15H16O4S. The zero-order valence-electron chi connectivity index (χ0n) is 11.2. The van der Waals surface area contributed by atoms with Crippen LogP contribution >= 0.6 is 11.8 Å². The zero-order valence-corrected chi connectivity index (χ0v) is 12.0. The predicted octanol–water partition coefficient (Wildman–Crippen LogP) is 3.54. The van der Waals surface area contributed by atoms with Crippen molar-refractivity contribution in [2.45, 2.75) is 30.5 Å². The van der Waals surface area contributed by atoms with E-state index in [0.717, 1.165) is 24.2 Å². The van der Waals surface area contributed by atoms with Crippen LogP contribution in [-0.4, -0.2) is 29.0 Å². The Kier molecular flexibility index (Phi) is 3.72. The van der Waals surface area contributed by atoms with Gasteiger partial charge in [0.1, 0.15) is 5.58 Å². The van der Waals surface area contributed by atoms with Gasteiger partial charge in [0.25, 0.3) is 0 Å². The van der Waals surface area contributed by atoms with E-state index in [1.54, 1.807) is 6.07 Å². The molecule has 106 valence electrons. The molecule has 5 heteroatoms. The lowest BCUT2D eigenvalue weighted by Crippen LogP contribution is -2.13. The van der Waals surface area contributed by atoms with E-state index in [-0.39, 0.29) is 5.76 Å². The van der Waals surface area contributed by atoms with Crippen molar-refractivity contribution in [2.24, 2.45) is 0 Å². The number of hydrogen-bond acceptors (Lipinski definition) is 4. The standard InChI is InChI=1S/C15H16O4S/c1-9-14(4-5-18-9)20-8-10-2-3-12-11(6-10)7-13(19-12)15(16)17/h2-3,6-7,9,14H,4-5,8H2,1H3,(H,16,17). The molecule has 1 aromatic carbocycles. The fraction of sp³-hybridized carbons (Fsp3) is 0.400. The van der Waals surface area contributed by atoms with Crippen molar-refractivity contribution >= 4 is 28.7 Å². The smallest absolute Gasteiger partial charge is 0.371 e. The van der Waals surface area contributed by atoms with E-state index in [1.807, 2.05) is 30.0 Å². The largest absolute Gasteiger partial charge is 0.475 e. The highest BCUT2D eigenvalue weighted by Crippen LogP contribution is 2.30. The number of thioether (sulfide) groups is 1. The summed E-state index contributed by atoms with van der Waals surface area (Å²) < 4.78 is 10.8. The highest BCUT2D eigenvalue weighted by molar-refractivity contribution is 7.99. The summed E-state index contributed by atoms with van der Waals surface area (Å²) in [6.45, 7) is 2.96. The van der Waals surface area contributed by atoms with Gasteiger partial charge in [0.05, 0.1) is 6.10 Å². The number of aromatic carboxylic acids is 1. The monoisotopic (exact) mass is 292 g/mol. The quantitative estimate of drug-likeness (QED) is 0.934. The molecule has 1 fully saturated rings. The Balaban J connectivity index is 1.73. The first-order valence-electron chi connectivity index (χ1n) is 6.62. The third-order valence-corrected chi connectivity index (χ3v) is 5.11. The first kappa shape index (κ1) is 13.5. The lowest BCUT2D eigenvalue weighted by molar-refractivity contribution is 0.0665. The van der Waals surface area contributed by atoms with Crippen molar-refractivity contribution in [2.75, 3.05) is 6.61 Å². The summed E-state index contributed by atoms with van der Waals surface area (Å²) in [6.07, 6.45) is 1.42. The van der Waals surface area contributed by atoms with Crippen LogP contribution in [0.1, 0.15) is 29.5 Å². The molecule has 2 atom stereocenters. The average Bonchev–Trinajstić information content (AvgIpc) is 3.01. The van der Waals surface area contributed by atoms with E-state index in [4.69, 9.17) is 14.3 Å². The van der Waals surface area contributed by atoms with Gasteiger partial charge in [-0.05, 0) is 37.1 Å². The predicted molar refractivity (Wildman–Crippen MR) is 78.3 cm³/mol. The fourth-order valence-electron chi connectivity index (χ4n) is 2.42. The van der Waals surface area contributed by atoms with Crippen molar-refractivity contribution in [3.05, 3.63) is 35.6 Å². The molecule has 2 heterocycles. The van der Waals surface area contributed by atoms with Gasteiger partial charge in [-0.15, -0.1) is 0 Å². The van der Waals surface area contributed by atoms with Crippen molar-refractivity contribution in [1.29, 1.82) is 0 Å². The Morgan fingerprint density at radius 3 is 3.00 bits per heavy atom. The summed E-state index contributed by atoms with van der Waals surface area (Å²) in [5, 5.41) is 10.3. The number of benzene rings is 1. The molecule has 1 saturated heterocycles. The highest BCUT2D eigenvalue weighted by atomic mass is 32.2. The first-order chi connectivity index (χ1) is 9.63. The van der Waals surface area contributed by atoms with Crippen LogP contribution in [0.5, 0.6) is 0 Å². The fourth-order valence-corrected chi connectivity index (χ4v) is 3.62. The molecule has 0 radical (unpaired) electrons. The molecule has 0 aliphatic carbocycles. The minimum Gasteiger partial charge on any atom is -0.475 e. The van der Waals surface area contributed by atoms with Crippen molar-refractivity contribution in [1.82, 2.24) is 0 Å². The van der Waals surface area contributed by atoms with Gasteiger partial charge in [0, 0.05) is 23.0 Å². The maximum atomic E-state index is 10.9. The molecule has 3 rings (SSSR count). The molecule has 0 amide bonds. The molecular weight excluding hydrogens is 276 g/mol. The van der Waals surface area contributed by atoms with Gasteiger partial charge in [-0.1, -0.05) is 6.07 Å². The van der Waals surface area contributed by atoms with Gasteiger partial charge < -0.3 is 14.3 Å². The van der Waals surface area contributed by atoms with E-state index >= 15 is 0 Å². The summed E-state index contributed by atoms with van der Waals surface area (Å²) in [5.74, 6) is -0.140. The zero-order chi connectivity index (χ0) is 14.1. The third-order valence-electron chi connectivity index (χ3n) is 3.56. The van der Waals surface area contributed by atoms with Gasteiger partial charge >= 0.3 is 5.97 Å². The van der Waals surface area contributed by atoms with Crippen LogP contribution in [0, 0.1) is 0 Å². The Bertz CT molecular complexity index is 634. The maximum Gasteiger partial charge on any atom is 0.371 e. The van der Waals surface area contributed by atoms with Crippen molar-refractivity contribution in [3.8, 4) is 0 Å². The molecule has 1 aliphatic heterocycles. The lowest BCUT2D eigenvalue weighted by Gasteiger charge is -2.13. The Morgan fingerprint density at radius 1 is 1.45 bits per heavy atom. The normalized spacial score (nSPS) is 22.4. The van der Waals surface area contributed by atoms with Gasteiger partial charge in [-0.3, -0.25) is 0 Å². The summed E-state index contributed by atoms with van der Waals surface area (Å²) >= 11 is 1.89. The van der Waals surface area contributed by atoms with Crippen LogP contribution in [0.15, 0.2) is 28.7 Å². The van der Waals surface area contributed by atoms with E-state index in [0.29, 0.717) is 16.9 Å². The molecule has 0 spiro atoms.